The second kappa shape index (κ2) is 12.0. The summed E-state index contributed by atoms with van der Waals surface area (Å²) < 4.78 is 10.9. The fraction of sp³-hybridized carbons (Fsp3) is 0.458. The molecule has 0 saturated carbocycles. The van der Waals surface area contributed by atoms with Crippen LogP contribution in [0.5, 0.6) is 0 Å². The lowest BCUT2D eigenvalue weighted by molar-refractivity contribution is -0.151. The van der Waals surface area contributed by atoms with Crippen molar-refractivity contribution < 1.29 is 28.6 Å². The quantitative estimate of drug-likeness (QED) is 0.172. The summed E-state index contributed by atoms with van der Waals surface area (Å²) in [6.07, 6.45) is 2.68. The lowest BCUT2D eigenvalue weighted by atomic mass is 10.1. The van der Waals surface area contributed by atoms with Crippen LogP contribution in [0.25, 0.3) is 11.0 Å². The number of carboxylic acids is 1. The second-order valence-electron chi connectivity index (χ2n) is 8.60. The lowest BCUT2D eigenvalue weighted by Gasteiger charge is -2.19. The number of aliphatic carboxylic acids is 1. The van der Waals surface area contributed by atoms with E-state index in [1.807, 2.05) is 6.92 Å². The number of aromatic amines is 2. The van der Waals surface area contributed by atoms with E-state index in [4.69, 9.17) is 20.0 Å². The molecule has 0 aliphatic carbocycles. The maximum Gasteiger partial charge on any atom is 0.328 e. The first-order valence-corrected chi connectivity index (χ1v) is 11.9. The highest BCUT2D eigenvalue weighted by Gasteiger charge is 2.26. The Hall–Kier alpha value is -4.09. The summed E-state index contributed by atoms with van der Waals surface area (Å²) in [7, 11) is 0. The highest BCUT2D eigenvalue weighted by molar-refractivity contribution is 5.94. The Morgan fingerprint density at radius 2 is 1.97 bits per heavy atom. The predicted molar refractivity (Wildman–Crippen MR) is 130 cm³/mol. The number of nitrogens with two attached hydrogens (primary N) is 1. The number of esters is 1. The molecule has 3 aromatic heterocycles. The van der Waals surface area contributed by atoms with Crippen LogP contribution in [-0.4, -0.2) is 50.1 Å². The van der Waals surface area contributed by atoms with Crippen LogP contribution in [0, 0.1) is 0 Å². The number of hydrogen-bond donors (Lipinski definition) is 5. The molecule has 36 heavy (non-hydrogen) atoms. The molecule has 2 unspecified atom stereocenters. The van der Waals surface area contributed by atoms with Gasteiger partial charge in [-0.2, -0.15) is 4.98 Å². The molecule has 0 radical (unpaired) electrons. The highest BCUT2D eigenvalue weighted by atomic mass is 16.5. The minimum Gasteiger partial charge on any atom is -0.481 e. The molecular weight excluding hydrogens is 470 g/mol. The van der Waals surface area contributed by atoms with Crippen LogP contribution in [0.4, 0.5) is 5.95 Å². The fourth-order valence-corrected chi connectivity index (χ4v) is 3.58. The van der Waals surface area contributed by atoms with Crippen molar-refractivity contribution in [1.29, 1.82) is 0 Å². The van der Waals surface area contributed by atoms with Gasteiger partial charge in [-0.05, 0) is 57.2 Å². The topological polar surface area (TPSA) is 193 Å². The molecule has 3 heterocycles. The van der Waals surface area contributed by atoms with Crippen molar-refractivity contribution in [3.05, 3.63) is 45.8 Å². The number of furan rings is 1. The van der Waals surface area contributed by atoms with Crippen molar-refractivity contribution in [3.8, 4) is 0 Å². The van der Waals surface area contributed by atoms with Gasteiger partial charge in [0.05, 0.1) is 11.5 Å². The minimum atomic E-state index is -1.09. The standard InChI is InChI=1S/C24H31N5O7/c1-3-13(2)35-23(34)17(9-11-19(30)31)27-22(33)18-10-8-15(36-18)7-5-4-6-14-12-16-20(26-14)28-24(25)29-21(16)32/h8,10,12-13,17H,3-7,9,11H2,1-2H3,(H,27,33)(H,30,31)(H4,25,26,28,29,32). The van der Waals surface area contributed by atoms with E-state index in [1.165, 1.54) is 6.07 Å². The Kier molecular flexibility index (Phi) is 8.87. The maximum atomic E-state index is 12.6. The van der Waals surface area contributed by atoms with Gasteiger partial charge in [0.15, 0.2) is 5.76 Å². The number of ether oxygens (including phenoxy) is 1. The molecule has 0 saturated heterocycles. The molecule has 3 aromatic rings. The predicted octanol–water partition coefficient (Wildman–Crippen LogP) is 2.30. The highest BCUT2D eigenvalue weighted by Crippen LogP contribution is 2.15. The largest absolute Gasteiger partial charge is 0.481 e. The van der Waals surface area contributed by atoms with Crippen molar-refractivity contribution in [2.24, 2.45) is 0 Å². The molecule has 0 aromatic carbocycles. The van der Waals surface area contributed by atoms with Gasteiger partial charge in [0.25, 0.3) is 11.5 Å². The van der Waals surface area contributed by atoms with Crippen LogP contribution in [0.15, 0.2) is 27.4 Å². The van der Waals surface area contributed by atoms with E-state index in [2.05, 4.69) is 20.3 Å². The fourth-order valence-electron chi connectivity index (χ4n) is 3.58. The summed E-state index contributed by atoms with van der Waals surface area (Å²) in [5, 5.41) is 11.9. The number of amides is 1. The summed E-state index contributed by atoms with van der Waals surface area (Å²) in [5.41, 5.74) is 6.58. The van der Waals surface area contributed by atoms with E-state index in [0.717, 1.165) is 18.5 Å². The van der Waals surface area contributed by atoms with Crippen LogP contribution in [0.2, 0.25) is 0 Å². The van der Waals surface area contributed by atoms with E-state index in [1.54, 1.807) is 19.1 Å². The number of fused-ring (bicyclic) bond motifs is 1. The molecule has 194 valence electrons. The van der Waals surface area contributed by atoms with E-state index in [-0.39, 0.29) is 36.2 Å². The number of aromatic nitrogens is 3. The first kappa shape index (κ1) is 26.5. The number of H-pyrrole nitrogens is 2. The summed E-state index contributed by atoms with van der Waals surface area (Å²) in [6, 6.07) is 3.86. The van der Waals surface area contributed by atoms with Gasteiger partial charge in [-0.25, -0.2) is 4.79 Å². The third-order valence-corrected chi connectivity index (χ3v) is 5.70. The van der Waals surface area contributed by atoms with Crippen LogP contribution in [0.1, 0.15) is 68.0 Å². The van der Waals surface area contributed by atoms with Gasteiger partial charge < -0.3 is 30.3 Å². The minimum absolute atomic E-state index is 0.0279. The van der Waals surface area contributed by atoms with Crippen molar-refractivity contribution in [2.45, 2.75) is 70.9 Å². The normalized spacial score (nSPS) is 12.8. The lowest BCUT2D eigenvalue weighted by Crippen LogP contribution is -2.43. The van der Waals surface area contributed by atoms with Gasteiger partial charge in [-0.3, -0.25) is 19.4 Å². The first-order valence-electron chi connectivity index (χ1n) is 11.9. The molecule has 0 bridgehead atoms. The Morgan fingerprint density at radius 1 is 1.22 bits per heavy atom. The number of hydrogen-bond acceptors (Lipinski definition) is 8. The Morgan fingerprint density at radius 3 is 2.69 bits per heavy atom. The monoisotopic (exact) mass is 501 g/mol. The average molecular weight is 502 g/mol. The van der Waals surface area contributed by atoms with E-state index in [9.17, 15) is 19.2 Å². The number of carbonyl (C=O) groups is 3. The van der Waals surface area contributed by atoms with E-state index < -0.39 is 23.9 Å². The molecular formula is C24H31N5O7. The third-order valence-electron chi connectivity index (χ3n) is 5.70. The summed E-state index contributed by atoms with van der Waals surface area (Å²) >= 11 is 0. The van der Waals surface area contributed by atoms with Crippen LogP contribution >= 0.6 is 0 Å². The molecule has 0 fully saturated rings. The van der Waals surface area contributed by atoms with Crippen LogP contribution < -0.4 is 16.6 Å². The number of unbranched alkanes of at least 4 members (excludes halogenated alkanes) is 1. The number of aryl methyl sites for hydroxylation is 2. The number of rotatable bonds is 13. The first-order chi connectivity index (χ1) is 17.2. The molecule has 3 rings (SSSR count). The van der Waals surface area contributed by atoms with Gasteiger partial charge in [-0.1, -0.05) is 6.92 Å². The maximum absolute atomic E-state index is 12.6. The number of carboxylic acid groups (broad SMARTS) is 1. The van der Waals surface area contributed by atoms with Gasteiger partial charge in [0.1, 0.15) is 17.4 Å². The van der Waals surface area contributed by atoms with Gasteiger partial charge in [-0.15, -0.1) is 0 Å². The van der Waals surface area contributed by atoms with Crippen molar-refractivity contribution in [1.82, 2.24) is 20.3 Å². The van der Waals surface area contributed by atoms with Crippen molar-refractivity contribution in [2.75, 3.05) is 5.73 Å². The second-order valence-corrected chi connectivity index (χ2v) is 8.60. The molecule has 6 N–H and O–H groups in total. The number of nitrogens with zero attached hydrogens (tertiary/aromatic N) is 1. The van der Waals surface area contributed by atoms with E-state index >= 15 is 0 Å². The van der Waals surface area contributed by atoms with Gasteiger partial charge in [0, 0.05) is 18.5 Å². The zero-order valence-corrected chi connectivity index (χ0v) is 20.3. The van der Waals surface area contributed by atoms with Crippen molar-refractivity contribution in [3.63, 3.8) is 0 Å². The smallest absolute Gasteiger partial charge is 0.328 e. The number of nitrogen functional groups attached to an aromatic ring is 1. The summed E-state index contributed by atoms with van der Waals surface area (Å²) in [6.45, 7) is 3.57. The van der Waals surface area contributed by atoms with Gasteiger partial charge in [0.2, 0.25) is 5.95 Å². The third kappa shape index (κ3) is 7.20. The molecule has 1 amide bonds. The molecule has 0 spiro atoms. The number of carbonyl (C=O) groups excluding carboxylic acids is 2. The molecule has 12 heteroatoms. The Bertz CT molecular complexity index is 1280. The van der Waals surface area contributed by atoms with Crippen LogP contribution in [0.3, 0.4) is 0 Å². The summed E-state index contributed by atoms with van der Waals surface area (Å²) in [5.74, 6) is -1.69. The van der Waals surface area contributed by atoms with Gasteiger partial charge >= 0.3 is 11.9 Å². The zero-order chi connectivity index (χ0) is 26.2. The molecule has 12 nitrogen and oxygen atoms in total. The Labute approximate surface area is 206 Å². The van der Waals surface area contributed by atoms with Crippen LogP contribution in [-0.2, 0) is 27.2 Å². The average Bonchev–Trinajstić information content (AvgIpc) is 3.46. The molecule has 0 aliphatic rings. The Balaban J connectivity index is 1.52. The molecule has 2 atom stereocenters. The number of nitrogens with one attached hydrogen (secondary N) is 3. The van der Waals surface area contributed by atoms with E-state index in [0.29, 0.717) is 36.1 Å². The SMILES string of the molecule is CCC(C)OC(=O)C(CCC(=O)O)NC(=O)c1ccc(CCCCc2cc3c(=O)[nH]c(N)nc3[nH]2)o1. The summed E-state index contributed by atoms with van der Waals surface area (Å²) in [4.78, 5) is 57.5. The van der Waals surface area contributed by atoms with Crippen molar-refractivity contribution >= 4 is 34.8 Å². The molecule has 0 aliphatic heterocycles. The zero-order valence-electron chi connectivity index (χ0n) is 20.3. The number of anilines is 1.